The normalized spacial score (nSPS) is 23.0. The summed E-state index contributed by atoms with van der Waals surface area (Å²) in [6.07, 6.45) is 4.01. The van der Waals surface area contributed by atoms with Crippen molar-refractivity contribution in [3.05, 3.63) is 28.8 Å². The molecule has 2 rings (SSSR count). The molecule has 0 aliphatic heterocycles. The summed E-state index contributed by atoms with van der Waals surface area (Å²) in [6, 6.07) is 5.76. The first-order valence-electron chi connectivity index (χ1n) is 6.39. The zero-order valence-electron chi connectivity index (χ0n) is 10.6. The molecule has 1 fully saturated rings. The first-order valence-corrected chi connectivity index (χ1v) is 7.18. The van der Waals surface area contributed by atoms with E-state index in [2.05, 4.69) is 12.2 Å². The molecule has 1 saturated carbocycles. The van der Waals surface area contributed by atoms with Crippen LogP contribution < -0.4 is 11.1 Å². The van der Waals surface area contributed by atoms with Gasteiger partial charge in [-0.3, -0.25) is 0 Å². The van der Waals surface area contributed by atoms with E-state index in [0.717, 1.165) is 29.6 Å². The molecular formula is C14H19ClN2S. The van der Waals surface area contributed by atoms with Crippen molar-refractivity contribution in [1.29, 1.82) is 0 Å². The number of hydrogen-bond donors (Lipinski definition) is 2. The standard InChI is InChI=1S/C14H19ClN2S/c1-9-2-3-10(6-9)8-17-11-4-5-12(14(16)18)13(15)7-11/h4-5,7,9-10,17H,2-3,6,8H2,1H3,(H2,16,18). The zero-order valence-corrected chi connectivity index (χ0v) is 12.2. The second-order valence-electron chi connectivity index (χ2n) is 5.22. The molecule has 1 aromatic carbocycles. The van der Waals surface area contributed by atoms with E-state index >= 15 is 0 Å². The van der Waals surface area contributed by atoms with Crippen molar-refractivity contribution in [3.8, 4) is 0 Å². The van der Waals surface area contributed by atoms with E-state index < -0.39 is 0 Å². The van der Waals surface area contributed by atoms with Crippen LogP contribution in [0.1, 0.15) is 31.7 Å². The topological polar surface area (TPSA) is 38.0 Å². The van der Waals surface area contributed by atoms with Gasteiger partial charge in [0.05, 0.1) is 5.02 Å². The monoisotopic (exact) mass is 282 g/mol. The van der Waals surface area contributed by atoms with Crippen LogP contribution in [0, 0.1) is 11.8 Å². The van der Waals surface area contributed by atoms with Crippen LogP contribution in [0.15, 0.2) is 18.2 Å². The molecule has 0 heterocycles. The Labute approximate surface area is 119 Å². The first-order chi connectivity index (χ1) is 8.56. The van der Waals surface area contributed by atoms with Crippen LogP contribution in [-0.2, 0) is 0 Å². The van der Waals surface area contributed by atoms with E-state index in [1.807, 2.05) is 18.2 Å². The lowest BCUT2D eigenvalue weighted by atomic mass is 10.1. The molecule has 18 heavy (non-hydrogen) atoms. The Morgan fingerprint density at radius 2 is 2.28 bits per heavy atom. The molecule has 2 nitrogen and oxygen atoms in total. The fraction of sp³-hybridized carbons (Fsp3) is 0.500. The van der Waals surface area contributed by atoms with Crippen LogP contribution in [0.3, 0.4) is 0 Å². The first kappa shape index (κ1) is 13.6. The Kier molecular flexibility index (Phi) is 4.46. The van der Waals surface area contributed by atoms with Gasteiger partial charge in [0.2, 0.25) is 0 Å². The van der Waals surface area contributed by atoms with E-state index in [1.54, 1.807) is 0 Å². The molecular weight excluding hydrogens is 264 g/mol. The highest BCUT2D eigenvalue weighted by molar-refractivity contribution is 7.80. The number of rotatable bonds is 4. The maximum absolute atomic E-state index is 6.14. The molecule has 0 bridgehead atoms. The van der Waals surface area contributed by atoms with Gasteiger partial charge in [0.15, 0.2) is 0 Å². The van der Waals surface area contributed by atoms with Crippen LogP contribution >= 0.6 is 23.8 Å². The molecule has 4 heteroatoms. The number of benzene rings is 1. The van der Waals surface area contributed by atoms with E-state index in [1.165, 1.54) is 19.3 Å². The van der Waals surface area contributed by atoms with Gasteiger partial charge >= 0.3 is 0 Å². The summed E-state index contributed by atoms with van der Waals surface area (Å²) in [6.45, 7) is 3.35. The van der Waals surface area contributed by atoms with Crippen molar-refractivity contribution in [2.24, 2.45) is 17.6 Å². The lowest BCUT2D eigenvalue weighted by Crippen LogP contribution is -2.13. The second-order valence-corrected chi connectivity index (χ2v) is 6.07. The van der Waals surface area contributed by atoms with Crippen LogP contribution in [0.4, 0.5) is 5.69 Å². The van der Waals surface area contributed by atoms with Crippen LogP contribution in [-0.4, -0.2) is 11.5 Å². The zero-order chi connectivity index (χ0) is 13.1. The summed E-state index contributed by atoms with van der Waals surface area (Å²) in [5, 5.41) is 4.06. The van der Waals surface area contributed by atoms with Crippen molar-refractivity contribution < 1.29 is 0 Å². The summed E-state index contributed by atoms with van der Waals surface area (Å²) < 4.78 is 0. The third-order valence-corrected chi connectivity index (χ3v) is 4.17. The Bertz CT molecular complexity index is 447. The summed E-state index contributed by atoms with van der Waals surface area (Å²) in [5.74, 6) is 1.66. The van der Waals surface area contributed by atoms with Gasteiger partial charge in [0, 0.05) is 17.8 Å². The van der Waals surface area contributed by atoms with Gasteiger partial charge in [-0.25, -0.2) is 0 Å². The Balaban J connectivity index is 1.94. The highest BCUT2D eigenvalue weighted by Gasteiger charge is 2.20. The molecule has 0 saturated heterocycles. The molecule has 1 aliphatic rings. The molecule has 1 aromatic rings. The third-order valence-electron chi connectivity index (χ3n) is 3.63. The van der Waals surface area contributed by atoms with E-state index in [-0.39, 0.29) is 0 Å². The van der Waals surface area contributed by atoms with Crippen molar-refractivity contribution in [1.82, 2.24) is 0 Å². The molecule has 3 N–H and O–H groups in total. The van der Waals surface area contributed by atoms with Gasteiger partial charge in [-0.15, -0.1) is 0 Å². The SMILES string of the molecule is CC1CCC(CNc2ccc(C(N)=S)c(Cl)c2)C1. The number of halogens is 1. The van der Waals surface area contributed by atoms with E-state index in [4.69, 9.17) is 29.6 Å². The van der Waals surface area contributed by atoms with Crippen LogP contribution in [0.5, 0.6) is 0 Å². The van der Waals surface area contributed by atoms with Gasteiger partial charge in [0.1, 0.15) is 4.99 Å². The Morgan fingerprint density at radius 1 is 1.50 bits per heavy atom. The lowest BCUT2D eigenvalue weighted by molar-refractivity contribution is 0.537. The molecule has 0 spiro atoms. The molecule has 2 unspecified atom stereocenters. The Hall–Kier alpha value is -0.800. The third kappa shape index (κ3) is 3.36. The Morgan fingerprint density at radius 3 is 2.83 bits per heavy atom. The van der Waals surface area contributed by atoms with E-state index in [9.17, 15) is 0 Å². The number of hydrogen-bond acceptors (Lipinski definition) is 2. The maximum Gasteiger partial charge on any atom is 0.105 e. The van der Waals surface area contributed by atoms with Gasteiger partial charge < -0.3 is 11.1 Å². The molecule has 1 aliphatic carbocycles. The van der Waals surface area contributed by atoms with Crippen LogP contribution in [0.25, 0.3) is 0 Å². The number of nitrogens with two attached hydrogens (primary N) is 1. The fourth-order valence-corrected chi connectivity index (χ4v) is 3.11. The minimum Gasteiger partial charge on any atom is -0.389 e. The number of nitrogens with one attached hydrogen (secondary N) is 1. The predicted octanol–water partition coefficient (Wildman–Crippen LogP) is 3.82. The van der Waals surface area contributed by atoms with Gasteiger partial charge in [-0.1, -0.05) is 37.2 Å². The smallest absolute Gasteiger partial charge is 0.105 e. The molecule has 0 amide bonds. The summed E-state index contributed by atoms with van der Waals surface area (Å²) >= 11 is 11.1. The summed E-state index contributed by atoms with van der Waals surface area (Å²) in [7, 11) is 0. The predicted molar refractivity (Wildman–Crippen MR) is 82.3 cm³/mol. The highest BCUT2D eigenvalue weighted by atomic mass is 35.5. The molecule has 0 aromatic heterocycles. The van der Waals surface area contributed by atoms with Gasteiger partial charge in [-0.05, 0) is 42.9 Å². The fourth-order valence-electron chi connectivity index (χ4n) is 2.60. The van der Waals surface area contributed by atoms with Crippen molar-refractivity contribution in [3.63, 3.8) is 0 Å². The minimum atomic E-state index is 0.344. The number of thiocarbonyl (C=S) groups is 1. The van der Waals surface area contributed by atoms with Gasteiger partial charge in [-0.2, -0.15) is 0 Å². The lowest BCUT2D eigenvalue weighted by Gasteiger charge is -2.13. The molecule has 0 radical (unpaired) electrons. The quantitative estimate of drug-likeness (QED) is 0.825. The average Bonchev–Trinajstić information content (AvgIpc) is 2.72. The van der Waals surface area contributed by atoms with E-state index in [0.29, 0.717) is 10.0 Å². The van der Waals surface area contributed by atoms with Crippen molar-refractivity contribution >= 4 is 34.5 Å². The summed E-state index contributed by atoms with van der Waals surface area (Å²) in [5.41, 5.74) is 7.36. The van der Waals surface area contributed by atoms with Crippen molar-refractivity contribution in [2.45, 2.75) is 26.2 Å². The van der Waals surface area contributed by atoms with Gasteiger partial charge in [0.25, 0.3) is 0 Å². The van der Waals surface area contributed by atoms with Crippen molar-refractivity contribution in [2.75, 3.05) is 11.9 Å². The molecule has 2 atom stereocenters. The highest BCUT2D eigenvalue weighted by Crippen LogP contribution is 2.30. The largest absolute Gasteiger partial charge is 0.389 e. The summed E-state index contributed by atoms with van der Waals surface area (Å²) in [4.78, 5) is 0.344. The minimum absolute atomic E-state index is 0.344. The second kappa shape index (κ2) is 5.89. The molecule has 98 valence electrons. The van der Waals surface area contributed by atoms with Crippen LogP contribution in [0.2, 0.25) is 5.02 Å². The maximum atomic E-state index is 6.14. The average molecular weight is 283 g/mol. The number of anilines is 1.